The summed E-state index contributed by atoms with van der Waals surface area (Å²) in [6.45, 7) is 6.77. The summed E-state index contributed by atoms with van der Waals surface area (Å²) < 4.78 is 27.1. The molecule has 0 fully saturated rings. The van der Waals surface area contributed by atoms with Crippen molar-refractivity contribution in [3.8, 4) is 11.5 Å². The number of nitrogens with zero attached hydrogens (tertiary/aromatic N) is 3. The van der Waals surface area contributed by atoms with Crippen LogP contribution in [0.1, 0.15) is 26.3 Å². The highest BCUT2D eigenvalue weighted by molar-refractivity contribution is 5.85. The number of hydrogen-bond acceptors (Lipinski definition) is 5. The van der Waals surface area contributed by atoms with E-state index in [2.05, 4.69) is 15.4 Å². The first-order chi connectivity index (χ1) is 12.2. The van der Waals surface area contributed by atoms with E-state index >= 15 is 0 Å². The first-order valence-corrected chi connectivity index (χ1v) is 7.99. The highest BCUT2D eigenvalue weighted by Gasteiger charge is 2.19. The Morgan fingerprint density at radius 2 is 2.04 bits per heavy atom. The number of hydrogen-bond donors (Lipinski definition) is 1. The number of benzene rings is 1. The van der Waals surface area contributed by atoms with Crippen LogP contribution in [-0.2, 0) is 4.74 Å². The summed E-state index contributed by atoms with van der Waals surface area (Å²) in [7, 11) is 0. The predicted molar refractivity (Wildman–Crippen MR) is 94.1 cm³/mol. The average molecular weight is 358 g/mol. The van der Waals surface area contributed by atoms with Gasteiger partial charge in [0, 0.05) is 17.8 Å². The third-order valence-corrected chi connectivity index (χ3v) is 3.45. The van der Waals surface area contributed by atoms with Gasteiger partial charge in [0.05, 0.1) is 5.69 Å². The lowest BCUT2D eigenvalue weighted by atomic mass is 10.2. The van der Waals surface area contributed by atoms with Gasteiger partial charge in [-0.1, -0.05) is 0 Å². The second kappa shape index (κ2) is 6.62. The summed E-state index contributed by atoms with van der Waals surface area (Å²) in [4.78, 5) is 15.9. The molecule has 0 aliphatic carbocycles. The molecule has 0 aliphatic heterocycles. The molecule has 0 aliphatic rings. The van der Waals surface area contributed by atoms with Crippen LogP contribution in [0.15, 0.2) is 36.8 Å². The van der Waals surface area contributed by atoms with Crippen molar-refractivity contribution in [2.45, 2.75) is 33.3 Å². The van der Waals surface area contributed by atoms with Gasteiger partial charge in [-0.15, -0.1) is 0 Å². The minimum Gasteiger partial charge on any atom is -0.457 e. The van der Waals surface area contributed by atoms with Crippen molar-refractivity contribution in [3.05, 3.63) is 48.2 Å². The normalized spacial score (nSPS) is 11.4. The Kier molecular flexibility index (Phi) is 4.50. The molecule has 8 heteroatoms. The van der Waals surface area contributed by atoms with Gasteiger partial charge >= 0.3 is 6.09 Å². The maximum absolute atomic E-state index is 14.6. The molecule has 0 unspecified atom stereocenters. The zero-order valence-corrected chi connectivity index (χ0v) is 14.9. The molecule has 136 valence electrons. The van der Waals surface area contributed by atoms with E-state index in [-0.39, 0.29) is 11.3 Å². The monoisotopic (exact) mass is 358 g/mol. The molecule has 3 rings (SSSR count). The molecule has 3 aromatic rings. The quantitative estimate of drug-likeness (QED) is 0.754. The Labute approximate surface area is 149 Å². The highest BCUT2D eigenvalue weighted by atomic mass is 19.1. The molecule has 1 aromatic carbocycles. The Hall–Kier alpha value is -3.16. The maximum Gasteiger partial charge on any atom is 0.412 e. The molecule has 0 saturated carbocycles. The van der Waals surface area contributed by atoms with E-state index in [1.54, 1.807) is 56.6 Å². The molecule has 2 heterocycles. The van der Waals surface area contributed by atoms with Gasteiger partial charge in [-0.3, -0.25) is 5.32 Å². The molecular weight excluding hydrogens is 339 g/mol. The number of nitrogens with one attached hydrogen (secondary N) is 1. The SMILES string of the molecule is Cc1c(Oc2ccn3ncnc3c2)ccc(NC(=O)OC(C)(C)C)c1F. The van der Waals surface area contributed by atoms with Gasteiger partial charge in [-0.2, -0.15) is 5.10 Å². The molecular formula is C18H19FN4O3. The largest absolute Gasteiger partial charge is 0.457 e. The first-order valence-electron chi connectivity index (χ1n) is 7.99. The predicted octanol–water partition coefficient (Wildman–Crippen LogP) is 4.32. The molecule has 7 nitrogen and oxygen atoms in total. The van der Waals surface area contributed by atoms with Gasteiger partial charge in [0.1, 0.15) is 23.4 Å². The number of halogens is 1. The molecule has 26 heavy (non-hydrogen) atoms. The molecule has 0 spiro atoms. The molecule has 0 bridgehead atoms. The fourth-order valence-electron chi connectivity index (χ4n) is 2.28. The van der Waals surface area contributed by atoms with Crippen molar-refractivity contribution in [1.82, 2.24) is 14.6 Å². The standard InChI is InChI=1S/C18H19FN4O3/c1-11-14(25-12-7-8-23-15(9-12)20-10-21-23)6-5-13(16(11)19)22-17(24)26-18(2,3)4/h5-10H,1-4H3,(H,22,24). The van der Waals surface area contributed by atoms with Gasteiger partial charge in [0.2, 0.25) is 0 Å². The average Bonchev–Trinajstić information content (AvgIpc) is 3.00. The number of carbonyl (C=O) groups excluding carboxylic acids is 1. The number of carbonyl (C=O) groups is 1. The van der Waals surface area contributed by atoms with Crippen LogP contribution in [0.5, 0.6) is 11.5 Å². The molecule has 0 saturated heterocycles. The van der Waals surface area contributed by atoms with Crippen LogP contribution in [0.3, 0.4) is 0 Å². The summed E-state index contributed by atoms with van der Waals surface area (Å²) >= 11 is 0. The second-order valence-electron chi connectivity index (χ2n) is 6.70. The minimum absolute atomic E-state index is 0.0250. The van der Waals surface area contributed by atoms with Gasteiger partial charge < -0.3 is 9.47 Å². The van der Waals surface area contributed by atoms with Crippen molar-refractivity contribution in [3.63, 3.8) is 0 Å². The van der Waals surface area contributed by atoms with Crippen LogP contribution in [-0.4, -0.2) is 26.3 Å². The molecule has 0 radical (unpaired) electrons. The number of anilines is 1. The number of fused-ring (bicyclic) bond motifs is 1. The van der Waals surface area contributed by atoms with Gasteiger partial charge in [0.25, 0.3) is 0 Å². The van der Waals surface area contributed by atoms with Crippen molar-refractivity contribution < 1.29 is 18.7 Å². The van der Waals surface area contributed by atoms with Gasteiger partial charge in [-0.25, -0.2) is 18.7 Å². The topological polar surface area (TPSA) is 77.8 Å². The number of ether oxygens (including phenoxy) is 2. The van der Waals surface area contributed by atoms with E-state index in [1.165, 1.54) is 12.4 Å². The van der Waals surface area contributed by atoms with Gasteiger partial charge in [-0.05, 0) is 45.9 Å². The zero-order chi connectivity index (χ0) is 18.9. The van der Waals surface area contributed by atoms with E-state index in [9.17, 15) is 9.18 Å². The van der Waals surface area contributed by atoms with E-state index < -0.39 is 17.5 Å². The molecule has 1 amide bonds. The number of rotatable bonds is 3. The van der Waals surface area contributed by atoms with E-state index in [1.807, 2.05) is 0 Å². The fraction of sp³-hybridized carbons (Fsp3) is 0.278. The van der Waals surface area contributed by atoms with Crippen LogP contribution < -0.4 is 10.1 Å². The van der Waals surface area contributed by atoms with Crippen LogP contribution in [0.4, 0.5) is 14.9 Å². The van der Waals surface area contributed by atoms with E-state index in [0.717, 1.165) is 0 Å². The summed E-state index contributed by atoms with van der Waals surface area (Å²) in [5, 5.41) is 6.41. The Morgan fingerprint density at radius 3 is 2.77 bits per heavy atom. The lowest BCUT2D eigenvalue weighted by molar-refractivity contribution is 0.0635. The summed E-state index contributed by atoms with van der Waals surface area (Å²) in [6.07, 6.45) is 2.41. The fourth-order valence-corrected chi connectivity index (χ4v) is 2.28. The van der Waals surface area contributed by atoms with Crippen molar-refractivity contribution in [1.29, 1.82) is 0 Å². The van der Waals surface area contributed by atoms with Crippen LogP contribution in [0.25, 0.3) is 5.65 Å². The smallest absolute Gasteiger partial charge is 0.412 e. The Bertz CT molecular complexity index is 963. The van der Waals surface area contributed by atoms with Crippen LogP contribution >= 0.6 is 0 Å². The van der Waals surface area contributed by atoms with Crippen LogP contribution in [0.2, 0.25) is 0 Å². The molecule has 1 N–H and O–H groups in total. The van der Waals surface area contributed by atoms with Crippen molar-refractivity contribution >= 4 is 17.4 Å². The maximum atomic E-state index is 14.6. The molecule has 2 aromatic heterocycles. The highest BCUT2D eigenvalue weighted by Crippen LogP contribution is 2.31. The first kappa shape index (κ1) is 17.7. The zero-order valence-electron chi connectivity index (χ0n) is 14.9. The number of pyridine rings is 1. The van der Waals surface area contributed by atoms with Gasteiger partial charge in [0.15, 0.2) is 11.5 Å². The third kappa shape index (κ3) is 3.90. The van der Waals surface area contributed by atoms with Crippen LogP contribution in [0, 0.1) is 12.7 Å². The summed E-state index contributed by atoms with van der Waals surface area (Å²) in [5.41, 5.74) is 0.236. The summed E-state index contributed by atoms with van der Waals surface area (Å²) in [5.74, 6) is 0.249. The molecule has 0 atom stereocenters. The van der Waals surface area contributed by atoms with E-state index in [0.29, 0.717) is 17.1 Å². The second-order valence-corrected chi connectivity index (χ2v) is 6.70. The number of amides is 1. The Balaban J connectivity index is 1.79. The summed E-state index contributed by atoms with van der Waals surface area (Å²) in [6, 6.07) is 6.40. The lowest BCUT2D eigenvalue weighted by Gasteiger charge is -2.20. The number of aromatic nitrogens is 3. The van der Waals surface area contributed by atoms with Crippen molar-refractivity contribution in [2.24, 2.45) is 0 Å². The Morgan fingerprint density at radius 1 is 1.27 bits per heavy atom. The van der Waals surface area contributed by atoms with Crippen molar-refractivity contribution in [2.75, 3.05) is 5.32 Å². The van der Waals surface area contributed by atoms with E-state index in [4.69, 9.17) is 9.47 Å². The lowest BCUT2D eigenvalue weighted by Crippen LogP contribution is -2.27. The minimum atomic E-state index is -0.721. The third-order valence-electron chi connectivity index (χ3n) is 3.45.